The van der Waals surface area contributed by atoms with E-state index in [0.717, 1.165) is 18.2 Å². The van der Waals surface area contributed by atoms with Gasteiger partial charge in [0.2, 0.25) is 15.9 Å². The number of hydrogen-bond acceptors (Lipinski definition) is 4. The summed E-state index contributed by atoms with van der Waals surface area (Å²) in [7, 11) is -4.23. The van der Waals surface area contributed by atoms with E-state index in [1.54, 1.807) is 37.3 Å². The van der Waals surface area contributed by atoms with Gasteiger partial charge in [0.1, 0.15) is 11.8 Å². The summed E-state index contributed by atoms with van der Waals surface area (Å²) in [4.78, 5) is 12.8. The minimum absolute atomic E-state index is 0.0460. The summed E-state index contributed by atoms with van der Waals surface area (Å²) in [6.45, 7) is 2.08. The van der Waals surface area contributed by atoms with E-state index in [1.165, 1.54) is 24.3 Å². The number of anilines is 1. The molecule has 0 aliphatic rings. The van der Waals surface area contributed by atoms with Crippen molar-refractivity contribution in [3.8, 4) is 5.75 Å². The van der Waals surface area contributed by atoms with E-state index in [0.29, 0.717) is 17.9 Å². The molecular weight excluding hydrogens is 505 g/mol. The van der Waals surface area contributed by atoms with Crippen LogP contribution in [0.4, 0.5) is 18.9 Å². The Balaban J connectivity index is 1.88. The molecule has 3 aromatic carbocycles. The number of carbonyl (C=O) groups is 1. The molecule has 1 atom stereocenters. The highest BCUT2D eigenvalue weighted by molar-refractivity contribution is 7.89. The standard InChI is InChI=1S/C24H22ClF3N2O4S/c1-2-34-22-12-11-19(15-20(22)25)35(32,33)30-21(13-16-7-4-3-5-8-16)23(31)29-18-10-6-9-17(14-18)24(26,27)28/h3-12,14-15,21,30H,2,13H2,1H3,(H,29,31)/t21-/m0/s1. The molecule has 0 unspecified atom stereocenters. The predicted molar refractivity (Wildman–Crippen MR) is 127 cm³/mol. The van der Waals surface area contributed by atoms with E-state index >= 15 is 0 Å². The minimum Gasteiger partial charge on any atom is -0.492 e. The first kappa shape index (κ1) is 26.5. The summed E-state index contributed by atoms with van der Waals surface area (Å²) in [5.74, 6) is -0.523. The van der Waals surface area contributed by atoms with Gasteiger partial charge in [-0.3, -0.25) is 4.79 Å². The van der Waals surface area contributed by atoms with Crippen molar-refractivity contribution in [2.75, 3.05) is 11.9 Å². The van der Waals surface area contributed by atoms with Crippen molar-refractivity contribution in [1.82, 2.24) is 4.72 Å². The number of amides is 1. The highest BCUT2D eigenvalue weighted by atomic mass is 35.5. The lowest BCUT2D eigenvalue weighted by Gasteiger charge is -2.19. The second-order valence-corrected chi connectivity index (χ2v) is 9.58. The molecule has 0 bridgehead atoms. The van der Waals surface area contributed by atoms with Crippen LogP contribution in [0.15, 0.2) is 77.7 Å². The van der Waals surface area contributed by atoms with Crippen LogP contribution in [0.25, 0.3) is 0 Å². The molecule has 0 saturated carbocycles. The Hall–Kier alpha value is -3.08. The molecule has 6 nitrogen and oxygen atoms in total. The molecular formula is C24H22ClF3N2O4S. The summed E-state index contributed by atoms with van der Waals surface area (Å²) in [5.41, 5.74) is -0.421. The summed E-state index contributed by atoms with van der Waals surface area (Å²) in [6, 6.07) is 15.2. The third-order valence-electron chi connectivity index (χ3n) is 4.87. The van der Waals surface area contributed by atoms with E-state index in [-0.39, 0.29) is 22.0 Å². The number of rotatable bonds is 9. The van der Waals surface area contributed by atoms with E-state index in [2.05, 4.69) is 10.0 Å². The Morgan fingerprint density at radius 3 is 2.37 bits per heavy atom. The van der Waals surface area contributed by atoms with E-state index in [1.807, 2.05) is 0 Å². The van der Waals surface area contributed by atoms with Gasteiger partial charge in [0.05, 0.1) is 22.1 Å². The second-order valence-electron chi connectivity index (χ2n) is 7.46. The topological polar surface area (TPSA) is 84.5 Å². The third-order valence-corrected chi connectivity index (χ3v) is 6.63. The van der Waals surface area contributed by atoms with Crippen LogP contribution in [0.5, 0.6) is 5.75 Å². The molecule has 0 saturated heterocycles. The Bertz CT molecular complexity index is 1290. The summed E-state index contributed by atoms with van der Waals surface area (Å²) in [5, 5.41) is 2.45. The Labute approximate surface area is 206 Å². The molecule has 3 rings (SSSR count). The van der Waals surface area contributed by atoms with Crippen molar-refractivity contribution in [2.45, 2.75) is 30.5 Å². The van der Waals surface area contributed by atoms with Gasteiger partial charge in [-0.15, -0.1) is 0 Å². The molecule has 0 aliphatic heterocycles. The van der Waals surface area contributed by atoms with Crippen molar-refractivity contribution in [1.29, 1.82) is 0 Å². The number of carbonyl (C=O) groups excluding carboxylic acids is 1. The highest BCUT2D eigenvalue weighted by Gasteiger charge is 2.31. The predicted octanol–water partition coefficient (Wildman–Crippen LogP) is 5.29. The number of benzene rings is 3. The van der Waals surface area contributed by atoms with Gasteiger partial charge in [-0.05, 0) is 55.3 Å². The van der Waals surface area contributed by atoms with Crippen LogP contribution in [-0.2, 0) is 27.4 Å². The first-order chi connectivity index (χ1) is 16.5. The average Bonchev–Trinajstić information content (AvgIpc) is 2.80. The normalized spacial score (nSPS) is 12.7. The van der Waals surface area contributed by atoms with E-state index in [9.17, 15) is 26.4 Å². The summed E-state index contributed by atoms with van der Waals surface area (Å²) in [6.07, 6.45) is -4.64. The zero-order chi connectivity index (χ0) is 25.6. The van der Waals surface area contributed by atoms with Gasteiger partial charge in [-0.25, -0.2) is 8.42 Å². The molecule has 186 valence electrons. The molecule has 0 fully saturated rings. The number of nitrogens with one attached hydrogen (secondary N) is 2. The maximum atomic E-state index is 13.1. The van der Waals surface area contributed by atoms with E-state index in [4.69, 9.17) is 16.3 Å². The molecule has 2 N–H and O–H groups in total. The maximum Gasteiger partial charge on any atom is 0.416 e. The smallest absolute Gasteiger partial charge is 0.416 e. The number of hydrogen-bond donors (Lipinski definition) is 2. The lowest BCUT2D eigenvalue weighted by molar-refractivity contribution is -0.137. The average molecular weight is 527 g/mol. The first-order valence-electron chi connectivity index (χ1n) is 10.5. The van der Waals surface area contributed by atoms with Crippen LogP contribution in [0.2, 0.25) is 5.02 Å². The molecule has 0 radical (unpaired) electrons. The van der Waals surface area contributed by atoms with Gasteiger partial charge in [-0.1, -0.05) is 48.0 Å². The van der Waals surface area contributed by atoms with Crippen molar-refractivity contribution >= 4 is 33.2 Å². The minimum atomic E-state index is -4.60. The lowest BCUT2D eigenvalue weighted by atomic mass is 10.1. The van der Waals surface area contributed by atoms with Crippen LogP contribution >= 0.6 is 11.6 Å². The number of ether oxygens (including phenoxy) is 1. The zero-order valence-corrected chi connectivity index (χ0v) is 20.0. The monoisotopic (exact) mass is 526 g/mol. The second kappa shape index (κ2) is 11.1. The van der Waals surface area contributed by atoms with Crippen molar-refractivity contribution < 1.29 is 31.1 Å². The molecule has 0 aromatic heterocycles. The van der Waals surface area contributed by atoms with Gasteiger partial charge >= 0.3 is 6.18 Å². The summed E-state index contributed by atoms with van der Waals surface area (Å²) < 4.78 is 72.9. The fourth-order valence-corrected chi connectivity index (χ4v) is 4.74. The van der Waals surface area contributed by atoms with Crippen LogP contribution in [-0.4, -0.2) is 27.0 Å². The first-order valence-corrected chi connectivity index (χ1v) is 12.3. The molecule has 35 heavy (non-hydrogen) atoms. The Morgan fingerprint density at radius 1 is 1.03 bits per heavy atom. The molecule has 0 spiro atoms. The maximum absolute atomic E-state index is 13.1. The van der Waals surface area contributed by atoms with Crippen molar-refractivity contribution in [3.05, 3.63) is 88.9 Å². The van der Waals surface area contributed by atoms with Gasteiger partial charge in [0.25, 0.3) is 0 Å². The number of halogens is 4. The molecule has 0 aliphatic carbocycles. The van der Waals surface area contributed by atoms with Gasteiger partial charge in [0.15, 0.2) is 0 Å². The summed E-state index contributed by atoms with van der Waals surface area (Å²) >= 11 is 6.11. The van der Waals surface area contributed by atoms with Crippen LogP contribution in [0.1, 0.15) is 18.1 Å². The molecule has 11 heteroatoms. The highest BCUT2D eigenvalue weighted by Crippen LogP contribution is 2.31. The largest absolute Gasteiger partial charge is 0.492 e. The van der Waals surface area contributed by atoms with Gasteiger partial charge in [-0.2, -0.15) is 17.9 Å². The fourth-order valence-electron chi connectivity index (χ4n) is 3.22. The van der Waals surface area contributed by atoms with Crippen molar-refractivity contribution in [3.63, 3.8) is 0 Å². The number of sulfonamides is 1. The SMILES string of the molecule is CCOc1ccc(S(=O)(=O)N[C@@H](Cc2ccccc2)C(=O)Nc2cccc(C(F)(F)F)c2)cc1Cl. The van der Waals surface area contributed by atoms with Crippen LogP contribution < -0.4 is 14.8 Å². The van der Waals surface area contributed by atoms with E-state index < -0.39 is 33.7 Å². The number of alkyl halides is 3. The molecule has 1 amide bonds. The Kier molecular flexibility index (Phi) is 8.42. The molecule has 3 aromatic rings. The zero-order valence-electron chi connectivity index (χ0n) is 18.5. The lowest BCUT2D eigenvalue weighted by Crippen LogP contribution is -2.45. The third kappa shape index (κ3) is 7.20. The Morgan fingerprint density at radius 2 is 1.74 bits per heavy atom. The quantitative estimate of drug-likeness (QED) is 0.397. The molecule has 0 heterocycles. The fraction of sp³-hybridized carbons (Fsp3) is 0.208. The van der Waals surface area contributed by atoms with Gasteiger partial charge in [0, 0.05) is 5.69 Å². The van der Waals surface area contributed by atoms with Crippen molar-refractivity contribution in [2.24, 2.45) is 0 Å². The van der Waals surface area contributed by atoms with Gasteiger partial charge < -0.3 is 10.1 Å². The van der Waals surface area contributed by atoms with Crippen LogP contribution in [0.3, 0.4) is 0 Å². The van der Waals surface area contributed by atoms with Crippen LogP contribution in [0, 0.1) is 0 Å².